The normalized spacial score (nSPS) is 13.6. The highest BCUT2D eigenvalue weighted by atomic mass is 16.6. The minimum atomic E-state index is -0.610. The highest BCUT2D eigenvalue weighted by Gasteiger charge is 2.37. The summed E-state index contributed by atoms with van der Waals surface area (Å²) in [6.07, 6.45) is 0. The third kappa shape index (κ3) is 2.04. The molecule has 8 nitrogen and oxygen atoms in total. The molecule has 0 bridgehead atoms. The van der Waals surface area contributed by atoms with Crippen LogP contribution in [0.25, 0.3) is 11.1 Å². The summed E-state index contributed by atoms with van der Waals surface area (Å²) in [5, 5.41) is 10.8. The topological polar surface area (TPSA) is 107 Å². The predicted octanol–water partition coefficient (Wildman–Crippen LogP) is 2.53. The molecule has 0 aliphatic carbocycles. The Labute approximate surface area is 134 Å². The molecular weight excluding hydrogens is 314 g/mol. The smallest absolute Gasteiger partial charge is 0.270 e. The molecule has 0 saturated heterocycles. The van der Waals surface area contributed by atoms with Gasteiger partial charge in [0.25, 0.3) is 17.5 Å². The number of hydrogen-bond acceptors (Lipinski definition) is 6. The van der Waals surface area contributed by atoms with Crippen molar-refractivity contribution in [1.29, 1.82) is 0 Å². The third-order valence-corrected chi connectivity index (χ3v) is 3.80. The van der Waals surface area contributed by atoms with E-state index < -0.39 is 16.7 Å². The standard InChI is InChI=1S/C16H9N3O5/c20-15-10-6-5-9(19(22)23)7-11(10)16(21)18(15)8-14-17-12-3-1-2-4-13(12)24-14/h1-7H,8H2. The highest BCUT2D eigenvalue weighted by Crippen LogP contribution is 2.28. The second kappa shape index (κ2) is 4.98. The lowest BCUT2D eigenvalue weighted by molar-refractivity contribution is -0.384. The molecule has 118 valence electrons. The fourth-order valence-corrected chi connectivity index (χ4v) is 2.66. The Morgan fingerprint density at radius 3 is 2.58 bits per heavy atom. The van der Waals surface area contributed by atoms with Crippen LogP contribution in [0.2, 0.25) is 0 Å². The van der Waals surface area contributed by atoms with Gasteiger partial charge in [-0.05, 0) is 18.2 Å². The van der Waals surface area contributed by atoms with E-state index in [9.17, 15) is 19.7 Å². The molecule has 0 radical (unpaired) electrons. The van der Waals surface area contributed by atoms with Crippen LogP contribution < -0.4 is 0 Å². The molecule has 3 aromatic rings. The van der Waals surface area contributed by atoms with Crippen LogP contribution in [0.3, 0.4) is 0 Å². The van der Waals surface area contributed by atoms with Crippen LogP contribution in [0.4, 0.5) is 5.69 Å². The Kier molecular flexibility index (Phi) is 2.92. The molecule has 2 aromatic carbocycles. The van der Waals surface area contributed by atoms with Gasteiger partial charge in [-0.3, -0.25) is 24.6 Å². The molecule has 4 rings (SSSR count). The number of oxazole rings is 1. The van der Waals surface area contributed by atoms with Gasteiger partial charge >= 0.3 is 0 Å². The molecule has 0 N–H and O–H groups in total. The first kappa shape index (κ1) is 14.1. The first-order valence-corrected chi connectivity index (χ1v) is 7.03. The quantitative estimate of drug-likeness (QED) is 0.416. The van der Waals surface area contributed by atoms with Crippen molar-refractivity contribution in [2.75, 3.05) is 0 Å². The van der Waals surface area contributed by atoms with E-state index in [-0.39, 0.29) is 29.2 Å². The SMILES string of the molecule is O=C1c2ccc([N+](=O)[O-])cc2C(=O)N1Cc1nc2ccccc2o1. The van der Waals surface area contributed by atoms with E-state index in [2.05, 4.69) is 4.98 Å². The van der Waals surface area contributed by atoms with Gasteiger partial charge in [0.2, 0.25) is 5.89 Å². The van der Waals surface area contributed by atoms with E-state index in [1.807, 2.05) is 0 Å². The van der Waals surface area contributed by atoms with E-state index in [0.29, 0.717) is 11.1 Å². The van der Waals surface area contributed by atoms with Gasteiger partial charge in [0.1, 0.15) is 12.1 Å². The van der Waals surface area contributed by atoms with Crippen LogP contribution in [-0.4, -0.2) is 26.6 Å². The summed E-state index contributed by atoms with van der Waals surface area (Å²) in [4.78, 5) is 40.2. The fraction of sp³-hybridized carbons (Fsp3) is 0.0625. The van der Waals surface area contributed by atoms with E-state index in [1.165, 1.54) is 12.1 Å². The molecular formula is C16H9N3O5. The number of para-hydroxylation sites is 2. The number of fused-ring (bicyclic) bond motifs is 2. The predicted molar refractivity (Wildman–Crippen MR) is 81.3 cm³/mol. The number of nitro groups is 1. The van der Waals surface area contributed by atoms with Crippen molar-refractivity contribution in [3.8, 4) is 0 Å². The monoisotopic (exact) mass is 323 g/mol. The lowest BCUT2D eigenvalue weighted by Crippen LogP contribution is -2.29. The number of carbonyl (C=O) groups excluding carboxylic acids is 2. The third-order valence-electron chi connectivity index (χ3n) is 3.80. The number of hydrogen-bond donors (Lipinski definition) is 0. The second-order valence-corrected chi connectivity index (χ2v) is 5.26. The van der Waals surface area contributed by atoms with Gasteiger partial charge < -0.3 is 4.42 Å². The molecule has 0 unspecified atom stereocenters. The Morgan fingerprint density at radius 2 is 1.83 bits per heavy atom. The maximum absolute atomic E-state index is 12.4. The summed E-state index contributed by atoms with van der Waals surface area (Å²) in [7, 11) is 0. The van der Waals surface area contributed by atoms with Crippen LogP contribution in [0.5, 0.6) is 0 Å². The van der Waals surface area contributed by atoms with Crippen molar-refractivity contribution in [3.63, 3.8) is 0 Å². The van der Waals surface area contributed by atoms with Gasteiger partial charge in [-0.2, -0.15) is 0 Å². The van der Waals surface area contributed by atoms with Crippen molar-refractivity contribution >= 4 is 28.6 Å². The fourth-order valence-electron chi connectivity index (χ4n) is 2.66. The molecule has 0 saturated carbocycles. The number of non-ortho nitro benzene ring substituents is 1. The van der Waals surface area contributed by atoms with Crippen molar-refractivity contribution in [1.82, 2.24) is 9.88 Å². The van der Waals surface area contributed by atoms with Crippen LogP contribution in [0.1, 0.15) is 26.6 Å². The summed E-state index contributed by atoms with van der Waals surface area (Å²) < 4.78 is 5.52. The summed E-state index contributed by atoms with van der Waals surface area (Å²) >= 11 is 0. The average Bonchev–Trinajstić information content (AvgIpc) is 3.09. The lowest BCUT2D eigenvalue weighted by Gasteiger charge is -2.10. The molecule has 1 aliphatic heterocycles. The van der Waals surface area contributed by atoms with Crippen LogP contribution in [0, 0.1) is 10.1 Å². The number of nitrogens with zero attached hydrogens (tertiary/aromatic N) is 3. The molecule has 2 heterocycles. The van der Waals surface area contributed by atoms with Crippen molar-refractivity contribution in [2.24, 2.45) is 0 Å². The van der Waals surface area contributed by atoms with Crippen LogP contribution in [0.15, 0.2) is 46.9 Å². The van der Waals surface area contributed by atoms with Gasteiger partial charge in [-0.1, -0.05) is 12.1 Å². The Morgan fingerprint density at radius 1 is 1.08 bits per heavy atom. The minimum Gasteiger partial charge on any atom is -0.439 e. The Balaban J connectivity index is 1.68. The lowest BCUT2D eigenvalue weighted by atomic mass is 10.1. The first-order chi connectivity index (χ1) is 11.5. The zero-order chi connectivity index (χ0) is 16.8. The molecule has 1 aliphatic rings. The van der Waals surface area contributed by atoms with Crippen molar-refractivity contribution in [2.45, 2.75) is 6.54 Å². The molecule has 8 heteroatoms. The van der Waals surface area contributed by atoms with Crippen molar-refractivity contribution in [3.05, 3.63) is 69.6 Å². The van der Waals surface area contributed by atoms with Gasteiger partial charge in [-0.15, -0.1) is 0 Å². The van der Waals surface area contributed by atoms with Crippen LogP contribution >= 0.6 is 0 Å². The van der Waals surface area contributed by atoms with Crippen molar-refractivity contribution < 1.29 is 18.9 Å². The van der Waals surface area contributed by atoms with Crippen LogP contribution in [-0.2, 0) is 6.54 Å². The number of carbonyl (C=O) groups is 2. The van der Waals surface area contributed by atoms with E-state index in [1.54, 1.807) is 24.3 Å². The molecule has 2 amide bonds. The summed E-state index contributed by atoms with van der Waals surface area (Å²) in [6.45, 7) is -0.130. The second-order valence-electron chi connectivity index (χ2n) is 5.26. The number of imide groups is 1. The molecule has 0 atom stereocenters. The largest absolute Gasteiger partial charge is 0.439 e. The minimum absolute atomic E-state index is 0.0188. The zero-order valence-corrected chi connectivity index (χ0v) is 12.1. The van der Waals surface area contributed by atoms with Gasteiger partial charge in [0, 0.05) is 12.1 Å². The Hall–Kier alpha value is -3.55. The maximum atomic E-state index is 12.4. The average molecular weight is 323 g/mol. The van der Waals surface area contributed by atoms with Gasteiger partial charge in [0.05, 0.1) is 16.1 Å². The molecule has 0 spiro atoms. The number of rotatable bonds is 3. The number of nitro benzene ring substituents is 1. The molecule has 24 heavy (non-hydrogen) atoms. The first-order valence-electron chi connectivity index (χ1n) is 7.03. The summed E-state index contributed by atoms with van der Waals surface area (Å²) in [5.41, 5.74) is 1.10. The van der Waals surface area contributed by atoms with E-state index >= 15 is 0 Å². The van der Waals surface area contributed by atoms with E-state index in [4.69, 9.17) is 4.42 Å². The number of aromatic nitrogens is 1. The highest BCUT2D eigenvalue weighted by molar-refractivity contribution is 6.21. The van der Waals surface area contributed by atoms with Gasteiger partial charge in [0.15, 0.2) is 5.58 Å². The Bertz CT molecular complexity index is 990. The molecule has 1 aromatic heterocycles. The van der Waals surface area contributed by atoms with Gasteiger partial charge in [-0.25, -0.2) is 4.98 Å². The summed E-state index contributed by atoms with van der Waals surface area (Å²) in [5.74, 6) is -0.895. The summed E-state index contributed by atoms with van der Waals surface area (Å²) in [6, 6.07) is 10.7. The maximum Gasteiger partial charge on any atom is 0.270 e. The molecule has 0 fully saturated rings. The zero-order valence-electron chi connectivity index (χ0n) is 12.1. The number of benzene rings is 2. The number of amides is 2. The van der Waals surface area contributed by atoms with E-state index in [0.717, 1.165) is 11.0 Å².